The lowest BCUT2D eigenvalue weighted by atomic mass is 10.0. The maximum atomic E-state index is 5.52. The number of benzene rings is 1. The Balaban J connectivity index is 0.00000392. The number of morpholine rings is 1. The van der Waals surface area contributed by atoms with Gasteiger partial charge >= 0.3 is 0 Å². The van der Waals surface area contributed by atoms with Crippen molar-refractivity contribution >= 4 is 29.9 Å². The number of rotatable bonds is 9. The number of para-hydroxylation sites is 1. The van der Waals surface area contributed by atoms with Crippen LogP contribution in [0.2, 0.25) is 0 Å². The van der Waals surface area contributed by atoms with E-state index in [1.165, 1.54) is 6.42 Å². The summed E-state index contributed by atoms with van der Waals surface area (Å²) in [6.45, 7) is 12.7. The molecule has 1 unspecified atom stereocenters. The molecule has 28 heavy (non-hydrogen) atoms. The van der Waals surface area contributed by atoms with Crippen molar-refractivity contribution in [3.8, 4) is 5.75 Å². The monoisotopic (exact) mass is 504 g/mol. The Kier molecular flexibility index (Phi) is 12.5. The minimum Gasteiger partial charge on any atom is -0.496 e. The minimum atomic E-state index is 0. The van der Waals surface area contributed by atoms with Gasteiger partial charge in [0, 0.05) is 37.8 Å². The second kappa shape index (κ2) is 14.0. The van der Waals surface area contributed by atoms with E-state index >= 15 is 0 Å². The molecular formula is C21H37IN4O2. The molecule has 1 fully saturated rings. The summed E-state index contributed by atoms with van der Waals surface area (Å²) in [5.74, 6) is 2.39. The van der Waals surface area contributed by atoms with E-state index in [0.29, 0.717) is 18.5 Å². The Hall–Kier alpha value is -1.06. The third-order valence-corrected chi connectivity index (χ3v) is 4.75. The molecule has 1 atom stereocenters. The van der Waals surface area contributed by atoms with E-state index in [1.54, 1.807) is 7.11 Å². The van der Waals surface area contributed by atoms with Crippen LogP contribution >= 0.6 is 24.0 Å². The summed E-state index contributed by atoms with van der Waals surface area (Å²) in [5, 5.41) is 6.90. The van der Waals surface area contributed by atoms with E-state index in [0.717, 1.165) is 56.7 Å². The topological polar surface area (TPSA) is 58.1 Å². The van der Waals surface area contributed by atoms with Crippen molar-refractivity contribution in [1.29, 1.82) is 0 Å². The first-order chi connectivity index (χ1) is 13.1. The zero-order valence-electron chi connectivity index (χ0n) is 17.7. The highest BCUT2D eigenvalue weighted by Gasteiger charge is 2.22. The van der Waals surface area contributed by atoms with Crippen LogP contribution in [-0.2, 0) is 11.3 Å². The highest BCUT2D eigenvalue weighted by molar-refractivity contribution is 14.0. The van der Waals surface area contributed by atoms with E-state index < -0.39 is 0 Å². The third kappa shape index (κ3) is 8.53. The van der Waals surface area contributed by atoms with Crippen LogP contribution in [-0.4, -0.2) is 63.4 Å². The summed E-state index contributed by atoms with van der Waals surface area (Å²) in [5.41, 5.74) is 1.09. The molecular weight excluding hydrogens is 467 g/mol. The van der Waals surface area contributed by atoms with Crippen molar-refractivity contribution in [3.05, 3.63) is 29.8 Å². The van der Waals surface area contributed by atoms with Crippen LogP contribution in [0.25, 0.3) is 0 Å². The summed E-state index contributed by atoms with van der Waals surface area (Å²) < 4.78 is 10.9. The highest BCUT2D eigenvalue weighted by atomic mass is 127. The van der Waals surface area contributed by atoms with E-state index in [2.05, 4.69) is 42.4 Å². The van der Waals surface area contributed by atoms with E-state index in [9.17, 15) is 0 Å². The Morgan fingerprint density at radius 1 is 1.21 bits per heavy atom. The predicted octanol–water partition coefficient (Wildman–Crippen LogP) is 3.12. The van der Waals surface area contributed by atoms with Crippen molar-refractivity contribution in [2.45, 2.75) is 39.8 Å². The number of nitrogens with zero attached hydrogens (tertiary/aromatic N) is 2. The average molecular weight is 504 g/mol. The van der Waals surface area contributed by atoms with Crippen LogP contribution in [0.3, 0.4) is 0 Å². The van der Waals surface area contributed by atoms with Crippen LogP contribution in [0.5, 0.6) is 5.75 Å². The molecule has 1 aliphatic rings. The Bertz CT molecular complexity index is 577. The Labute approximate surface area is 187 Å². The molecule has 7 heteroatoms. The number of hydrogen-bond acceptors (Lipinski definition) is 4. The number of methoxy groups -OCH3 is 1. The van der Waals surface area contributed by atoms with Gasteiger partial charge < -0.3 is 20.1 Å². The van der Waals surface area contributed by atoms with Gasteiger partial charge in [0.05, 0.1) is 26.9 Å². The van der Waals surface area contributed by atoms with Crippen molar-refractivity contribution in [2.75, 3.05) is 46.5 Å². The number of halogens is 1. The van der Waals surface area contributed by atoms with Crippen molar-refractivity contribution in [2.24, 2.45) is 10.9 Å². The molecule has 1 heterocycles. The van der Waals surface area contributed by atoms with Crippen LogP contribution in [0, 0.1) is 5.92 Å². The van der Waals surface area contributed by atoms with Crippen molar-refractivity contribution in [3.63, 3.8) is 0 Å². The largest absolute Gasteiger partial charge is 0.496 e. The Morgan fingerprint density at radius 3 is 2.57 bits per heavy atom. The molecule has 0 spiro atoms. The predicted molar refractivity (Wildman–Crippen MR) is 127 cm³/mol. The SMILES string of the molecule is CCNC(=NCc1ccccc1OC)NCC(CC(C)C)N1CCOCC1.I. The summed E-state index contributed by atoms with van der Waals surface area (Å²) in [4.78, 5) is 7.30. The van der Waals surface area contributed by atoms with Gasteiger partial charge in [-0.05, 0) is 25.3 Å². The van der Waals surface area contributed by atoms with Gasteiger partial charge in [-0.3, -0.25) is 4.90 Å². The van der Waals surface area contributed by atoms with Crippen LogP contribution in [0.15, 0.2) is 29.3 Å². The lowest BCUT2D eigenvalue weighted by molar-refractivity contribution is 0.0132. The summed E-state index contributed by atoms with van der Waals surface area (Å²) >= 11 is 0. The molecule has 1 aromatic rings. The highest BCUT2D eigenvalue weighted by Crippen LogP contribution is 2.18. The first-order valence-electron chi connectivity index (χ1n) is 10.1. The standard InChI is InChI=1S/C21H36N4O2.HI/c1-5-22-21(23-15-18-8-6-7-9-20(18)26-4)24-16-19(14-17(2)3)25-10-12-27-13-11-25;/h6-9,17,19H,5,10-16H2,1-4H3,(H2,22,23,24);1H. The van der Waals surface area contributed by atoms with Crippen molar-refractivity contribution < 1.29 is 9.47 Å². The van der Waals surface area contributed by atoms with Gasteiger partial charge in [-0.2, -0.15) is 0 Å². The fourth-order valence-electron chi connectivity index (χ4n) is 3.40. The molecule has 0 aromatic heterocycles. The van der Waals surface area contributed by atoms with Gasteiger partial charge in [0.15, 0.2) is 5.96 Å². The van der Waals surface area contributed by atoms with Gasteiger partial charge in [-0.25, -0.2) is 4.99 Å². The van der Waals surface area contributed by atoms with Crippen LogP contribution in [0.4, 0.5) is 0 Å². The van der Waals surface area contributed by atoms with E-state index in [4.69, 9.17) is 14.5 Å². The van der Waals surface area contributed by atoms with Gasteiger partial charge in [0.25, 0.3) is 0 Å². The van der Waals surface area contributed by atoms with E-state index in [1.807, 2.05) is 18.2 Å². The number of nitrogens with one attached hydrogen (secondary N) is 2. The number of hydrogen-bond donors (Lipinski definition) is 2. The smallest absolute Gasteiger partial charge is 0.191 e. The second-order valence-corrected chi connectivity index (χ2v) is 7.32. The molecule has 0 saturated carbocycles. The molecule has 0 bridgehead atoms. The van der Waals surface area contributed by atoms with Gasteiger partial charge in [-0.1, -0.05) is 32.0 Å². The average Bonchev–Trinajstić information content (AvgIpc) is 2.69. The number of aliphatic imine (C=N–C) groups is 1. The van der Waals surface area contributed by atoms with Crippen LogP contribution < -0.4 is 15.4 Å². The molecule has 1 aromatic carbocycles. The molecule has 2 rings (SSSR count). The maximum Gasteiger partial charge on any atom is 0.191 e. The minimum absolute atomic E-state index is 0. The first kappa shape index (κ1) is 25.0. The summed E-state index contributed by atoms with van der Waals surface area (Å²) in [6, 6.07) is 8.52. The molecule has 1 aliphatic heterocycles. The van der Waals surface area contributed by atoms with E-state index in [-0.39, 0.29) is 24.0 Å². The third-order valence-electron chi connectivity index (χ3n) is 4.75. The normalized spacial score (nSPS) is 16.4. The fraction of sp³-hybridized carbons (Fsp3) is 0.667. The summed E-state index contributed by atoms with van der Waals surface area (Å²) in [7, 11) is 1.70. The molecule has 6 nitrogen and oxygen atoms in total. The number of ether oxygens (including phenoxy) is 2. The lowest BCUT2D eigenvalue weighted by Gasteiger charge is -2.35. The molecule has 0 amide bonds. The zero-order valence-corrected chi connectivity index (χ0v) is 20.1. The first-order valence-corrected chi connectivity index (χ1v) is 10.1. The van der Waals surface area contributed by atoms with Crippen molar-refractivity contribution in [1.82, 2.24) is 15.5 Å². The molecule has 1 saturated heterocycles. The van der Waals surface area contributed by atoms with Gasteiger partial charge in [-0.15, -0.1) is 24.0 Å². The maximum absolute atomic E-state index is 5.52. The molecule has 0 radical (unpaired) electrons. The summed E-state index contributed by atoms with van der Waals surface area (Å²) in [6.07, 6.45) is 1.17. The molecule has 0 aliphatic carbocycles. The zero-order chi connectivity index (χ0) is 19.5. The number of guanidine groups is 1. The fourth-order valence-corrected chi connectivity index (χ4v) is 3.40. The lowest BCUT2D eigenvalue weighted by Crippen LogP contribution is -2.51. The molecule has 2 N–H and O–H groups in total. The second-order valence-electron chi connectivity index (χ2n) is 7.32. The molecule has 160 valence electrons. The Morgan fingerprint density at radius 2 is 1.93 bits per heavy atom. The quantitative estimate of drug-likeness (QED) is 0.308. The van der Waals surface area contributed by atoms with Crippen LogP contribution in [0.1, 0.15) is 32.8 Å². The van der Waals surface area contributed by atoms with Gasteiger partial charge in [0.1, 0.15) is 5.75 Å². The van der Waals surface area contributed by atoms with Gasteiger partial charge in [0.2, 0.25) is 0 Å².